The fourth-order valence-electron chi connectivity index (χ4n) is 1.72. The first kappa shape index (κ1) is 13.2. The first-order chi connectivity index (χ1) is 9.10. The fourth-order valence-corrected chi connectivity index (χ4v) is 1.72. The molecule has 0 saturated heterocycles. The molecule has 0 bridgehead atoms. The van der Waals surface area contributed by atoms with Crippen molar-refractivity contribution in [2.24, 2.45) is 5.73 Å². The van der Waals surface area contributed by atoms with Gasteiger partial charge in [0.2, 0.25) is 0 Å². The van der Waals surface area contributed by atoms with E-state index in [9.17, 15) is 9.18 Å². The van der Waals surface area contributed by atoms with E-state index in [4.69, 9.17) is 5.73 Å². The highest BCUT2D eigenvalue weighted by atomic mass is 19.1. The molecule has 0 heterocycles. The summed E-state index contributed by atoms with van der Waals surface area (Å²) in [6, 6.07) is 11.3. The van der Waals surface area contributed by atoms with Gasteiger partial charge in [-0.1, -0.05) is 18.2 Å². The van der Waals surface area contributed by atoms with Crippen molar-refractivity contribution in [1.29, 1.82) is 0 Å². The third kappa shape index (κ3) is 3.17. The number of hydrogen-bond acceptors (Lipinski definition) is 2. The van der Waals surface area contributed by atoms with Crippen LogP contribution in [0.15, 0.2) is 42.5 Å². The molecule has 4 heteroatoms. The SMILES string of the molecule is Cc1ccc(F)cc1NC(=O)c1ccc(CN)cc1. The van der Waals surface area contributed by atoms with Gasteiger partial charge >= 0.3 is 0 Å². The highest BCUT2D eigenvalue weighted by molar-refractivity contribution is 6.04. The topological polar surface area (TPSA) is 55.1 Å². The third-order valence-corrected chi connectivity index (χ3v) is 2.90. The minimum absolute atomic E-state index is 0.266. The van der Waals surface area contributed by atoms with Crippen molar-refractivity contribution in [3.8, 4) is 0 Å². The molecule has 0 aliphatic carbocycles. The summed E-state index contributed by atoms with van der Waals surface area (Å²) in [6.07, 6.45) is 0. The molecular formula is C15H15FN2O. The molecule has 0 aliphatic rings. The highest BCUT2D eigenvalue weighted by Crippen LogP contribution is 2.17. The Morgan fingerprint density at radius 1 is 1.21 bits per heavy atom. The summed E-state index contributed by atoms with van der Waals surface area (Å²) in [4.78, 5) is 12.0. The summed E-state index contributed by atoms with van der Waals surface area (Å²) in [7, 11) is 0. The normalized spacial score (nSPS) is 10.3. The molecule has 0 radical (unpaired) electrons. The maximum atomic E-state index is 13.1. The van der Waals surface area contributed by atoms with Gasteiger partial charge in [0.25, 0.3) is 5.91 Å². The summed E-state index contributed by atoms with van der Waals surface area (Å²) >= 11 is 0. The average Bonchev–Trinajstić information content (AvgIpc) is 2.43. The van der Waals surface area contributed by atoms with Crippen LogP contribution in [0.1, 0.15) is 21.5 Å². The van der Waals surface area contributed by atoms with Crippen LogP contribution in [0.25, 0.3) is 0 Å². The van der Waals surface area contributed by atoms with Crippen LogP contribution in [0.3, 0.4) is 0 Å². The lowest BCUT2D eigenvalue weighted by atomic mass is 10.1. The largest absolute Gasteiger partial charge is 0.326 e. The Balaban J connectivity index is 2.18. The Morgan fingerprint density at radius 2 is 1.89 bits per heavy atom. The number of amides is 1. The van der Waals surface area contributed by atoms with Gasteiger partial charge in [0.15, 0.2) is 0 Å². The Hall–Kier alpha value is -2.20. The quantitative estimate of drug-likeness (QED) is 0.889. The maximum Gasteiger partial charge on any atom is 0.255 e. The molecule has 0 aromatic heterocycles. The minimum Gasteiger partial charge on any atom is -0.326 e. The van der Waals surface area contributed by atoms with Crippen molar-refractivity contribution < 1.29 is 9.18 Å². The van der Waals surface area contributed by atoms with E-state index in [-0.39, 0.29) is 11.7 Å². The van der Waals surface area contributed by atoms with Crippen molar-refractivity contribution in [2.45, 2.75) is 13.5 Å². The van der Waals surface area contributed by atoms with E-state index >= 15 is 0 Å². The van der Waals surface area contributed by atoms with E-state index in [1.165, 1.54) is 12.1 Å². The van der Waals surface area contributed by atoms with Gasteiger partial charge in [-0.05, 0) is 42.3 Å². The Morgan fingerprint density at radius 3 is 2.53 bits per heavy atom. The summed E-state index contributed by atoms with van der Waals surface area (Å²) in [5, 5.41) is 2.69. The average molecular weight is 258 g/mol. The number of anilines is 1. The van der Waals surface area contributed by atoms with Gasteiger partial charge in [0.1, 0.15) is 5.82 Å². The maximum absolute atomic E-state index is 13.1. The second-order valence-corrected chi connectivity index (χ2v) is 4.31. The number of carbonyl (C=O) groups excluding carboxylic acids is 1. The Bertz CT molecular complexity index is 594. The molecular weight excluding hydrogens is 243 g/mol. The van der Waals surface area contributed by atoms with Crippen LogP contribution in [0.5, 0.6) is 0 Å². The minimum atomic E-state index is -0.376. The van der Waals surface area contributed by atoms with Gasteiger partial charge in [0.05, 0.1) is 0 Å². The van der Waals surface area contributed by atoms with E-state index in [1.54, 1.807) is 30.3 Å². The molecule has 0 fully saturated rings. The number of rotatable bonds is 3. The van der Waals surface area contributed by atoms with Crippen LogP contribution in [-0.4, -0.2) is 5.91 Å². The number of hydrogen-bond donors (Lipinski definition) is 2. The number of halogens is 1. The van der Waals surface area contributed by atoms with Crippen LogP contribution in [-0.2, 0) is 6.54 Å². The van der Waals surface area contributed by atoms with Gasteiger partial charge < -0.3 is 11.1 Å². The number of carbonyl (C=O) groups is 1. The molecule has 2 rings (SSSR count). The first-order valence-electron chi connectivity index (χ1n) is 5.96. The molecule has 0 unspecified atom stereocenters. The zero-order chi connectivity index (χ0) is 13.8. The van der Waals surface area contributed by atoms with E-state index in [0.29, 0.717) is 17.8 Å². The molecule has 0 atom stereocenters. The number of aryl methyl sites for hydroxylation is 1. The van der Waals surface area contributed by atoms with Gasteiger partial charge in [-0.2, -0.15) is 0 Å². The van der Waals surface area contributed by atoms with E-state index in [2.05, 4.69) is 5.32 Å². The van der Waals surface area contributed by atoms with Gasteiger partial charge in [-0.15, -0.1) is 0 Å². The molecule has 0 spiro atoms. The molecule has 0 saturated carbocycles. The van der Waals surface area contributed by atoms with Crippen molar-refractivity contribution in [3.05, 3.63) is 65.0 Å². The van der Waals surface area contributed by atoms with Crippen molar-refractivity contribution in [3.63, 3.8) is 0 Å². The number of nitrogens with two attached hydrogens (primary N) is 1. The molecule has 0 aliphatic heterocycles. The van der Waals surface area contributed by atoms with Crippen LogP contribution in [0, 0.1) is 12.7 Å². The van der Waals surface area contributed by atoms with Crippen LogP contribution in [0.4, 0.5) is 10.1 Å². The second kappa shape index (κ2) is 5.63. The molecule has 3 nitrogen and oxygen atoms in total. The third-order valence-electron chi connectivity index (χ3n) is 2.90. The summed E-state index contributed by atoms with van der Waals surface area (Å²) in [5.74, 6) is -0.642. The fraction of sp³-hybridized carbons (Fsp3) is 0.133. The zero-order valence-corrected chi connectivity index (χ0v) is 10.6. The second-order valence-electron chi connectivity index (χ2n) is 4.31. The van der Waals surface area contributed by atoms with Crippen molar-refractivity contribution in [2.75, 3.05) is 5.32 Å². The zero-order valence-electron chi connectivity index (χ0n) is 10.6. The van der Waals surface area contributed by atoms with E-state index < -0.39 is 0 Å². The van der Waals surface area contributed by atoms with Crippen molar-refractivity contribution >= 4 is 11.6 Å². The van der Waals surface area contributed by atoms with Crippen LogP contribution >= 0.6 is 0 Å². The van der Waals surface area contributed by atoms with Gasteiger partial charge in [0, 0.05) is 17.8 Å². The Labute approximate surface area is 111 Å². The monoisotopic (exact) mass is 258 g/mol. The van der Waals surface area contributed by atoms with Crippen LogP contribution < -0.4 is 11.1 Å². The highest BCUT2D eigenvalue weighted by Gasteiger charge is 2.08. The molecule has 1 amide bonds. The van der Waals surface area contributed by atoms with E-state index in [1.807, 2.05) is 6.92 Å². The number of nitrogens with one attached hydrogen (secondary N) is 1. The van der Waals surface area contributed by atoms with Crippen LogP contribution in [0.2, 0.25) is 0 Å². The predicted octanol–water partition coefficient (Wildman–Crippen LogP) is 2.85. The lowest BCUT2D eigenvalue weighted by Crippen LogP contribution is -2.13. The first-order valence-corrected chi connectivity index (χ1v) is 5.96. The standard InChI is InChI=1S/C15H15FN2O/c1-10-2-7-13(16)8-14(10)18-15(19)12-5-3-11(9-17)4-6-12/h2-8H,9,17H2,1H3,(H,18,19). The van der Waals surface area contributed by atoms with Crippen molar-refractivity contribution in [1.82, 2.24) is 0 Å². The molecule has 98 valence electrons. The smallest absolute Gasteiger partial charge is 0.255 e. The lowest BCUT2D eigenvalue weighted by Gasteiger charge is -2.08. The Kier molecular flexibility index (Phi) is 3.92. The summed E-state index contributed by atoms with van der Waals surface area (Å²) in [5.41, 5.74) is 8.26. The predicted molar refractivity (Wildman–Crippen MR) is 73.4 cm³/mol. The molecule has 2 aromatic carbocycles. The summed E-state index contributed by atoms with van der Waals surface area (Å²) < 4.78 is 13.1. The lowest BCUT2D eigenvalue weighted by molar-refractivity contribution is 0.102. The molecule has 19 heavy (non-hydrogen) atoms. The van der Waals surface area contributed by atoms with Gasteiger partial charge in [-0.25, -0.2) is 4.39 Å². The van der Waals surface area contributed by atoms with E-state index in [0.717, 1.165) is 11.1 Å². The number of benzene rings is 2. The molecule has 3 N–H and O–H groups in total. The van der Waals surface area contributed by atoms with Gasteiger partial charge in [-0.3, -0.25) is 4.79 Å². The molecule has 2 aromatic rings. The summed E-state index contributed by atoms with van der Waals surface area (Å²) in [6.45, 7) is 2.25.